The Morgan fingerprint density at radius 3 is 2.00 bits per heavy atom. The minimum absolute atomic E-state index is 0.539. The molecule has 0 spiro atoms. The lowest BCUT2D eigenvalue weighted by atomic mass is 11.7. The molecule has 0 aromatic rings. The number of hydrogen-bond donors (Lipinski definition) is 0. The molecule has 0 atom stereocenters. The fourth-order valence-corrected chi connectivity index (χ4v) is 0. The van der Waals surface area contributed by atoms with E-state index in [-0.39, 0.29) is 0 Å². The molecule has 0 aliphatic heterocycles. The molecule has 0 aliphatic carbocycles. The second-order valence-corrected chi connectivity index (χ2v) is 0.866. The topological polar surface area (TPSA) is 9.23 Å². The molecule has 20 valence electrons. The SMILES string of the molecule is [Si]CO[Si]. The summed E-state index contributed by atoms with van der Waals surface area (Å²) in [7, 11) is 5.76. The van der Waals surface area contributed by atoms with Gasteiger partial charge in [0.15, 0.2) is 0 Å². The van der Waals surface area contributed by atoms with Crippen LogP contribution < -0.4 is 0 Å². The molecule has 0 aliphatic rings. The van der Waals surface area contributed by atoms with E-state index in [0.29, 0.717) is 6.23 Å². The Hall–Kier alpha value is 0.394. The second kappa shape index (κ2) is 3.39. The van der Waals surface area contributed by atoms with Crippen LogP contribution in [0.15, 0.2) is 0 Å². The Morgan fingerprint density at radius 2 is 2.00 bits per heavy atom. The first-order chi connectivity index (χ1) is 1.91. The molecule has 1 nitrogen and oxygen atoms in total. The molecule has 0 aromatic carbocycles. The van der Waals surface area contributed by atoms with E-state index < -0.39 is 0 Å². The minimum atomic E-state index is 0.539. The minimum Gasteiger partial charge on any atom is -0.423 e. The summed E-state index contributed by atoms with van der Waals surface area (Å²) in [6, 6.07) is 0. The molecule has 0 bridgehead atoms. The lowest BCUT2D eigenvalue weighted by Gasteiger charge is -1.75. The highest BCUT2D eigenvalue weighted by molar-refractivity contribution is 6.10. The molecule has 0 saturated carbocycles. The Labute approximate surface area is 32.3 Å². The highest BCUT2D eigenvalue weighted by atomic mass is 28.2. The standard InChI is InChI=1S/CH2OSi2/c3-1-2-4/h1H2. The normalized spacial score (nSPS) is 7.50. The van der Waals surface area contributed by atoms with Gasteiger partial charge in [0, 0.05) is 6.23 Å². The summed E-state index contributed by atoms with van der Waals surface area (Å²) in [6.07, 6.45) is 0.539. The van der Waals surface area contributed by atoms with Crippen LogP contribution in [0.2, 0.25) is 0 Å². The lowest BCUT2D eigenvalue weighted by Crippen LogP contribution is -1.83. The van der Waals surface area contributed by atoms with Crippen LogP contribution in [0.1, 0.15) is 0 Å². The fraction of sp³-hybridized carbons (Fsp3) is 1.00. The van der Waals surface area contributed by atoms with Gasteiger partial charge in [-0.2, -0.15) is 0 Å². The summed E-state index contributed by atoms with van der Waals surface area (Å²) in [5, 5.41) is 0. The maximum Gasteiger partial charge on any atom is 0.245 e. The van der Waals surface area contributed by atoms with E-state index >= 15 is 0 Å². The Morgan fingerprint density at radius 1 is 1.75 bits per heavy atom. The first-order valence-electron chi connectivity index (χ1n) is 0.846. The first kappa shape index (κ1) is 4.39. The van der Waals surface area contributed by atoms with Crippen molar-refractivity contribution in [3.8, 4) is 0 Å². The van der Waals surface area contributed by atoms with E-state index in [2.05, 4.69) is 25.2 Å². The largest absolute Gasteiger partial charge is 0.423 e. The van der Waals surface area contributed by atoms with Crippen LogP contribution in [0.5, 0.6) is 0 Å². The predicted octanol–water partition coefficient (Wildman–Crippen LogP) is -0.788. The van der Waals surface area contributed by atoms with Crippen LogP contribution >= 0.6 is 0 Å². The van der Waals surface area contributed by atoms with Crippen molar-refractivity contribution in [2.75, 3.05) is 6.23 Å². The van der Waals surface area contributed by atoms with Gasteiger partial charge in [0.1, 0.15) is 0 Å². The van der Waals surface area contributed by atoms with Gasteiger partial charge in [-0.3, -0.25) is 0 Å². The molecule has 0 amide bonds. The molecule has 6 radical (unpaired) electrons. The van der Waals surface area contributed by atoms with Gasteiger partial charge in [-0.25, -0.2) is 0 Å². The zero-order valence-electron chi connectivity index (χ0n) is 2.12. The van der Waals surface area contributed by atoms with Crippen molar-refractivity contribution in [1.29, 1.82) is 0 Å². The summed E-state index contributed by atoms with van der Waals surface area (Å²) in [6.45, 7) is 0. The van der Waals surface area contributed by atoms with Crippen molar-refractivity contribution in [3.63, 3.8) is 0 Å². The van der Waals surface area contributed by atoms with Crippen LogP contribution in [0.25, 0.3) is 0 Å². The molecule has 0 saturated heterocycles. The molecule has 4 heavy (non-hydrogen) atoms. The van der Waals surface area contributed by atoms with Crippen LogP contribution in [0.3, 0.4) is 0 Å². The maximum absolute atomic E-state index is 4.26. The Kier molecular flexibility index (Phi) is 3.73. The van der Waals surface area contributed by atoms with Crippen molar-refractivity contribution >= 4 is 20.7 Å². The van der Waals surface area contributed by atoms with E-state index in [1.165, 1.54) is 0 Å². The molecule has 0 aromatic heterocycles. The molecule has 3 heteroatoms. The monoisotopic (exact) mass is 86.0 g/mol. The first-order valence-corrected chi connectivity index (χ1v) is 1.96. The van der Waals surface area contributed by atoms with Crippen molar-refractivity contribution in [1.82, 2.24) is 0 Å². The maximum atomic E-state index is 4.26. The summed E-state index contributed by atoms with van der Waals surface area (Å²) in [5.41, 5.74) is 0. The van der Waals surface area contributed by atoms with Gasteiger partial charge in [0.2, 0.25) is 10.5 Å². The summed E-state index contributed by atoms with van der Waals surface area (Å²) in [4.78, 5) is 0. The Balaban J connectivity index is 1.97. The van der Waals surface area contributed by atoms with Crippen LogP contribution in [0, 0.1) is 0 Å². The average molecular weight is 86.2 g/mol. The third-order valence-corrected chi connectivity index (χ3v) is 0.650. The molecular formula is CH2OSi2. The third-order valence-electron chi connectivity index (χ3n) is 0.0722. The van der Waals surface area contributed by atoms with Gasteiger partial charge in [0.25, 0.3) is 0 Å². The molecule has 0 heterocycles. The smallest absolute Gasteiger partial charge is 0.245 e. The quantitative estimate of drug-likeness (QED) is 0.380. The third kappa shape index (κ3) is 2.39. The Bertz CT molecular complexity index is 8.00. The summed E-state index contributed by atoms with van der Waals surface area (Å²) >= 11 is 0. The average Bonchev–Trinajstić information content (AvgIpc) is 1.37. The molecule has 0 rings (SSSR count). The van der Waals surface area contributed by atoms with E-state index in [4.69, 9.17) is 0 Å². The van der Waals surface area contributed by atoms with Crippen LogP contribution in [-0.4, -0.2) is 27.0 Å². The van der Waals surface area contributed by atoms with Gasteiger partial charge >= 0.3 is 0 Å². The lowest BCUT2D eigenvalue weighted by molar-refractivity contribution is 0.429. The van der Waals surface area contributed by atoms with Crippen molar-refractivity contribution in [2.45, 2.75) is 0 Å². The second-order valence-electron chi connectivity index (χ2n) is 0.289. The van der Waals surface area contributed by atoms with Gasteiger partial charge in [-0.05, 0) is 0 Å². The fourth-order valence-electron chi connectivity index (χ4n) is 0. The van der Waals surface area contributed by atoms with Gasteiger partial charge < -0.3 is 4.43 Å². The molecular weight excluding hydrogens is 84.2 g/mol. The molecule has 0 N–H and O–H groups in total. The number of hydrogen-bond acceptors (Lipinski definition) is 1. The zero-order valence-corrected chi connectivity index (χ0v) is 4.12. The van der Waals surface area contributed by atoms with Gasteiger partial charge in [0.05, 0.1) is 10.2 Å². The molecule has 0 fully saturated rings. The van der Waals surface area contributed by atoms with E-state index in [0.717, 1.165) is 0 Å². The summed E-state index contributed by atoms with van der Waals surface area (Å²) in [5.74, 6) is 0. The van der Waals surface area contributed by atoms with Crippen molar-refractivity contribution in [2.24, 2.45) is 0 Å². The van der Waals surface area contributed by atoms with Crippen LogP contribution in [0.4, 0.5) is 0 Å². The highest BCUT2D eigenvalue weighted by Crippen LogP contribution is 1.42. The predicted molar refractivity (Wildman–Crippen MR) is 17.5 cm³/mol. The van der Waals surface area contributed by atoms with E-state index in [1.807, 2.05) is 0 Å². The van der Waals surface area contributed by atoms with Crippen LogP contribution in [-0.2, 0) is 4.43 Å². The van der Waals surface area contributed by atoms with Gasteiger partial charge in [-0.15, -0.1) is 0 Å². The highest BCUT2D eigenvalue weighted by Gasteiger charge is 1.54. The number of rotatable bonds is 1. The van der Waals surface area contributed by atoms with Crippen molar-refractivity contribution in [3.05, 3.63) is 0 Å². The summed E-state index contributed by atoms with van der Waals surface area (Å²) < 4.78 is 4.26. The van der Waals surface area contributed by atoms with Crippen molar-refractivity contribution < 1.29 is 4.43 Å². The van der Waals surface area contributed by atoms with E-state index in [1.54, 1.807) is 0 Å². The van der Waals surface area contributed by atoms with E-state index in [9.17, 15) is 0 Å². The molecule has 0 unspecified atom stereocenters. The zero-order chi connectivity index (χ0) is 3.41. The van der Waals surface area contributed by atoms with Gasteiger partial charge in [-0.1, -0.05) is 0 Å².